The molecule has 202 valence electrons. The Morgan fingerprint density at radius 1 is 1.03 bits per heavy atom. The van der Waals surface area contributed by atoms with Crippen LogP contribution in [0.3, 0.4) is 0 Å². The zero-order chi connectivity index (χ0) is 26.5. The Bertz CT molecular complexity index is 1360. The predicted molar refractivity (Wildman–Crippen MR) is 151 cm³/mol. The van der Waals surface area contributed by atoms with Crippen LogP contribution >= 0.6 is 0 Å². The molecule has 38 heavy (non-hydrogen) atoms. The Hall–Kier alpha value is -2.77. The second kappa shape index (κ2) is 12.0. The number of nitrogens with one attached hydrogen (secondary N) is 1. The van der Waals surface area contributed by atoms with Gasteiger partial charge in [0.25, 0.3) is 0 Å². The van der Waals surface area contributed by atoms with Crippen LogP contribution in [0.4, 0.5) is 4.39 Å². The molecule has 2 aromatic carbocycles. The second-order valence-corrected chi connectivity index (χ2v) is 12.5. The van der Waals surface area contributed by atoms with E-state index in [2.05, 4.69) is 9.40 Å². The Kier molecular flexibility index (Phi) is 8.44. The highest BCUT2D eigenvalue weighted by Gasteiger charge is 2.30. The standard InChI is InChI=1S/C31H38FN3O2S/c1-23(25-12-4-2-5-13-25)34-38(36,37)20-19-30-29-18-9-8-14-26(21-24-11-10-15-27(32)22-24)31(29)35(33-30)28-16-6-3-7-17-28/h2,4-5,10-13,15,19-20,22-23,26,28,34H,3,6-9,14,16-18,21H2,1H3/t23-,26?/m0/s1. The normalized spacial score (nSPS) is 19.8. The van der Waals surface area contributed by atoms with E-state index in [1.807, 2.05) is 43.3 Å². The zero-order valence-electron chi connectivity index (χ0n) is 22.2. The Morgan fingerprint density at radius 3 is 2.55 bits per heavy atom. The van der Waals surface area contributed by atoms with E-state index in [0.717, 1.165) is 67.3 Å². The van der Waals surface area contributed by atoms with Crippen molar-refractivity contribution in [3.05, 3.63) is 93.9 Å². The van der Waals surface area contributed by atoms with Crippen molar-refractivity contribution in [1.82, 2.24) is 14.5 Å². The number of hydrogen-bond acceptors (Lipinski definition) is 3. The van der Waals surface area contributed by atoms with Crippen molar-refractivity contribution in [2.75, 3.05) is 0 Å². The van der Waals surface area contributed by atoms with Crippen molar-refractivity contribution in [3.8, 4) is 0 Å². The lowest BCUT2D eigenvalue weighted by molar-refractivity contribution is 0.315. The summed E-state index contributed by atoms with van der Waals surface area (Å²) in [6.07, 6.45) is 12.3. The molecule has 0 spiro atoms. The number of aromatic nitrogens is 2. The van der Waals surface area contributed by atoms with Gasteiger partial charge in [-0.2, -0.15) is 5.10 Å². The summed E-state index contributed by atoms with van der Waals surface area (Å²) in [6.45, 7) is 1.85. The molecule has 1 saturated carbocycles. The smallest absolute Gasteiger partial charge is 0.234 e. The van der Waals surface area contributed by atoms with Crippen LogP contribution in [0.25, 0.3) is 6.08 Å². The van der Waals surface area contributed by atoms with Gasteiger partial charge in [-0.25, -0.2) is 17.5 Å². The molecular weight excluding hydrogens is 497 g/mol. The van der Waals surface area contributed by atoms with Crippen molar-refractivity contribution in [2.45, 2.75) is 89.1 Å². The molecule has 1 unspecified atom stereocenters. The molecule has 1 fully saturated rings. The third-order valence-electron chi connectivity index (χ3n) is 8.03. The lowest BCUT2D eigenvalue weighted by Crippen LogP contribution is -2.24. The molecule has 0 amide bonds. The number of sulfonamides is 1. The number of hydrogen-bond donors (Lipinski definition) is 1. The van der Waals surface area contributed by atoms with Gasteiger partial charge in [0, 0.05) is 28.6 Å². The van der Waals surface area contributed by atoms with Gasteiger partial charge >= 0.3 is 0 Å². The quantitative estimate of drug-likeness (QED) is 0.310. The van der Waals surface area contributed by atoms with Gasteiger partial charge in [-0.15, -0.1) is 0 Å². The van der Waals surface area contributed by atoms with Crippen molar-refractivity contribution in [2.24, 2.45) is 0 Å². The number of halogens is 1. The van der Waals surface area contributed by atoms with Crippen LogP contribution in [0.1, 0.15) is 104 Å². The summed E-state index contributed by atoms with van der Waals surface area (Å²) in [4.78, 5) is 0. The van der Waals surface area contributed by atoms with Crippen molar-refractivity contribution in [1.29, 1.82) is 0 Å². The van der Waals surface area contributed by atoms with E-state index in [4.69, 9.17) is 5.10 Å². The first kappa shape index (κ1) is 26.8. The molecule has 0 saturated heterocycles. The van der Waals surface area contributed by atoms with Crippen LogP contribution in [0.15, 0.2) is 60.0 Å². The summed E-state index contributed by atoms with van der Waals surface area (Å²) < 4.78 is 45.0. The maximum absolute atomic E-state index is 14.0. The molecule has 2 atom stereocenters. The Labute approximate surface area is 226 Å². The zero-order valence-corrected chi connectivity index (χ0v) is 23.0. The minimum absolute atomic E-state index is 0.205. The molecule has 7 heteroatoms. The molecule has 1 N–H and O–H groups in total. The molecule has 0 radical (unpaired) electrons. The first-order valence-electron chi connectivity index (χ1n) is 14.0. The minimum atomic E-state index is -3.67. The van der Waals surface area contributed by atoms with Crippen molar-refractivity contribution < 1.29 is 12.8 Å². The molecule has 5 nitrogen and oxygen atoms in total. The Morgan fingerprint density at radius 2 is 1.79 bits per heavy atom. The van der Waals surface area contributed by atoms with Crippen molar-refractivity contribution in [3.63, 3.8) is 0 Å². The molecule has 5 rings (SSSR count). The van der Waals surface area contributed by atoms with E-state index < -0.39 is 10.0 Å². The molecule has 1 aromatic heterocycles. The van der Waals surface area contributed by atoms with Gasteiger partial charge in [0.05, 0.1) is 11.7 Å². The number of fused-ring (bicyclic) bond motifs is 1. The van der Waals surface area contributed by atoms with Gasteiger partial charge in [-0.1, -0.05) is 68.1 Å². The molecule has 3 aromatic rings. The summed E-state index contributed by atoms with van der Waals surface area (Å²) in [5.41, 5.74) is 5.07. The molecular formula is C31H38FN3O2S. The highest BCUT2D eigenvalue weighted by Crippen LogP contribution is 2.39. The summed E-state index contributed by atoms with van der Waals surface area (Å²) in [7, 11) is -3.67. The molecule has 2 aliphatic carbocycles. The monoisotopic (exact) mass is 535 g/mol. The van der Waals surface area contributed by atoms with Gasteiger partial charge in [0.2, 0.25) is 10.0 Å². The fraction of sp³-hybridized carbons (Fsp3) is 0.452. The minimum Gasteiger partial charge on any atom is -0.265 e. The van der Waals surface area contributed by atoms with E-state index in [1.54, 1.807) is 18.2 Å². The van der Waals surface area contributed by atoms with E-state index in [0.29, 0.717) is 6.04 Å². The van der Waals surface area contributed by atoms with Crippen LogP contribution in [0.5, 0.6) is 0 Å². The van der Waals surface area contributed by atoms with Crippen LogP contribution in [-0.2, 0) is 22.9 Å². The van der Waals surface area contributed by atoms with E-state index >= 15 is 0 Å². The van der Waals surface area contributed by atoms with Crippen LogP contribution in [0, 0.1) is 5.82 Å². The Balaban J connectivity index is 1.47. The second-order valence-electron chi connectivity index (χ2n) is 10.9. The topological polar surface area (TPSA) is 64.0 Å². The van der Waals surface area contributed by atoms with Gasteiger partial charge in [-0.05, 0) is 74.8 Å². The van der Waals surface area contributed by atoms with E-state index in [1.165, 1.54) is 36.4 Å². The summed E-state index contributed by atoms with van der Waals surface area (Å²) in [5, 5.41) is 6.34. The van der Waals surface area contributed by atoms with Crippen LogP contribution in [0.2, 0.25) is 0 Å². The summed E-state index contributed by atoms with van der Waals surface area (Å²) in [6, 6.07) is 16.5. The molecule has 0 aliphatic heterocycles. The van der Waals surface area contributed by atoms with E-state index in [9.17, 15) is 12.8 Å². The van der Waals surface area contributed by atoms with Crippen LogP contribution in [-0.4, -0.2) is 18.2 Å². The number of rotatable bonds is 8. The first-order chi connectivity index (χ1) is 18.4. The van der Waals surface area contributed by atoms with Gasteiger partial charge in [0.1, 0.15) is 5.82 Å². The summed E-state index contributed by atoms with van der Waals surface area (Å²) >= 11 is 0. The van der Waals surface area contributed by atoms with Gasteiger partial charge in [-0.3, -0.25) is 4.68 Å². The maximum Gasteiger partial charge on any atom is 0.234 e. The average Bonchev–Trinajstić information content (AvgIpc) is 3.16. The highest BCUT2D eigenvalue weighted by molar-refractivity contribution is 7.92. The third kappa shape index (κ3) is 6.44. The van der Waals surface area contributed by atoms with Crippen molar-refractivity contribution >= 4 is 16.1 Å². The first-order valence-corrected chi connectivity index (χ1v) is 15.6. The SMILES string of the molecule is C[C@H](NS(=O)(=O)C=Cc1nn(C2CCCCC2)c2c1CCCCC2Cc1cccc(F)c1)c1ccccc1. The maximum atomic E-state index is 14.0. The van der Waals surface area contributed by atoms with Gasteiger partial charge in [0.15, 0.2) is 0 Å². The average molecular weight is 536 g/mol. The van der Waals surface area contributed by atoms with Crippen LogP contribution < -0.4 is 4.72 Å². The highest BCUT2D eigenvalue weighted by atomic mass is 32.2. The largest absolute Gasteiger partial charge is 0.265 e. The third-order valence-corrected chi connectivity index (χ3v) is 9.21. The number of nitrogens with zero attached hydrogens (tertiary/aromatic N) is 2. The van der Waals surface area contributed by atoms with Gasteiger partial charge < -0.3 is 0 Å². The molecule has 0 bridgehead atoms. The summed E-state index contributed by atoms with van der Waals surface area (Å²) in [5.74, 6) is 0.0295. The lowest BCUT2D eigenvalue weighted by atomic mass is 9.89. The molecule has 2 aliphatic rings. The number of benzene rings is 2. The van der Waals surface area contributed by atoms with E-state index in [-0.39, 0.29) is 17.8 Å². The lowest BCUT2D eigenvalue weighted by Gasteiger charge is -2.27. The fourth-order valence-electron chi connectivity index (χ4n) is 6.15. The predicted octanol–water partition coefficient (Wildman–Crippen LogP) is 7.23. The molecule has 1 heterocycles. The fourth-order valence-corrected chi connectivity index (χ4v) is 7.17.